The number of anilines is 1. The fraction of sp³-hybridized carbons (Fsp3) is 0.409. The Morgan fingerprint density at radius 1 is 1.27 bits per heavy atom. The van der Waals surface area contributed by atoms with Crippen molar-refractivity contribution in [2.45, 2.75) is 51.9 Å². The Morgan fingerprint density at radius 3 is 2.53 bits per heavy atom. The molecule has 1 saturated carbocycles. The van der Waals surface area contributed by atoms with Gasteiger partial charge in [-0.05, 0) is 50.3 Å². The first-order valence-corrected chi connectivity index (χ1v) is 9.96. The summed E-state index contributed by atoms with van der Waals surface area (Å²) in [4.78, 5) is 9.02. The predicted molar refractivity (Wildman–Crippen MR) is 108 cm³/mol. The minimum Gasteiger partial charge on any atom is -0.365 e. The lowest BCUT2D eigenvalue weighted by Crippen LogP contribution is -2.31. The molecule has 0 radical (unpaired) electrons. The van der Waals surface area contributed by atoms with Gasteiger partial charge < -0.3 is 9.88 Å². The molecule has 0 unspecified atom stereocenters. The van der Waals surface area contributed by atoms with Gasteiger partial charge >= 0.3 is 6.18 Å². The Labute approximate surface area is 172 Å². The lowest BCUT2D eigenvalue weighted by Gasteiger charge is -2.32. The Morgan fingerprint density at radius 2 is 1.97 bits per heavy atom. The number of nitrogens with zero attached hydrogens (tertiary/aromatic N) is 4. The van der Waals surface area contributed by atoms with E-state index in [4.69, 9.17) is 0 Å². The monoisotopic (exact) mass is 413 g/mol. The summed E-state index contributed by atoms with van der Waals surface area (Å²) in [6.07, 6.45) is 0.849. The van der Waals surface area contributed by atoms with Gasteiger partial charge in [0.2, 0.25) is 0 Å². The van der Waals surface area contributed by atoms with Gasteiger partial charge in [0, 0.05) is 18.2 Å². The number of rotatable bonds is 5. The lowest BCUT2D eigenvalue weighted by molar-refractivity contribution is -0.137. The van der Waals surface area contributed by atoms with E-state index in [1.54, 1.807) is 6.33 Å². The Bertz CT molecular complexity index is 1100. The third-order valence-electron chi connectivity index (χ3n) is 5.96. The van der Waals surface area contributed by atoms with Crippen molar-refractivity contribution in [3.8, 4) is 6.07 Å². The van der Waals surface area contributed by atoms with E-state index in [-0.39, 0.29) is 6.04 Å². The Balaban J connectivity index is 1.71. The second-order valence-electron chi connectivity index (χ2n) is 7.93. The summed E-state index contributed by atoms with van der Waals surface area (Å²) in [5.74, 6) is 1.16. The van der Waals surface area contributed by atoms with Gasteiger partial charge in [0.15, 0.2) is 5.82 Å². The van der Waals surface area contributed by atoms with Crippen molar-refractivity contribution in [2.24, 2.45) is 5.92 Å². The van der Waals surface area contributed by atoms with Crippen LogP contribution in [0.2, 0.25) is 0 Å². The molecule has 156 valence electrons. The van der Waals surface area contributed by atoms with Gasteiger partial charge in [-0.3, -0.25) is 0 Å². The lowest BCUT2D eigenvalue weighted by atomic mass is 9.80. The molecule has 3 aromatic rings. The van der Waals surface area contributed by atoms with Crippen LogP contribution in [0.15, 0.2) is 30.6 Å². The standard InChI is InChI=1S/C22H22F3N5/c1-13-18(10-26)29-21(28-14(2)16-4-3-5-16)20-19(13)27-12-30(20)11-15-6-8-17(9-7-15)22(23,24)25/h6-9,12,14,16H,3-5,11H2,1-2H3,(H,28,29)/t14-/m1/s1. The molecule has 30 heavy (non-hydrogen) atoms. The number of halogens is 3. The molecule has 0 saturated heterocycles. The molecule has 8 heteroatoms. The van der Waals surface area contributed by atoms with Crippen molar-refractivity contribution in [1.82, 2.24) is 14.5 Å². The first-order chi connectivity index (χ1) is 14.3. The number of alkyl halides is 3. The molecular formula is C22H22F3N5. The zero-order valence-electron chi connectivity index (χ0n) is 16.8. The summed E-state index contributed by atoms with van der Waals surface area (Å²) in [6, 6.07) is 7.46. The van der Waals surface area contributed by atoms with Crippen molar-refractivity contribution in [1.29, 1.82) is 5.26 Å². The zero-order valence-corrected chi connectivity index (χ0v) is 16.8. The average molecular weight is 413 g/mol. The van der Waals surface area contributed by atoms with Crippen molar-refractivity contribution in [3.05, 3.63) is 53.0 Å². The second-order valence-corrected chi connectivity index (χ2v) is 7.93. The number of fused-ring (bicyclic) bond motifs is 1. The van der Waals surface area contributed by atoms with E-state index in [2.05, 4.69) is 28.3 Å². The molecule has 1 atom stereocenters. The topological polar surface area (TPSA) is 66.5 Å². The summed E-state index contributed by atoms with van der Waals surface area (Å²) in [5.41, 5.74) is 2.51. The van der Waals surface area contributed by atoms with Crippen LogP contribution < -0.4 is 5.32 Å². The second kappa shape index (κ2) is 7.63. The predicted octanol–water partition coefficient (Wildman–Crippen LogP) is 5.28. The van der Waals surface area contributed by atoms with E-state index in [0.29, 0.717) is 35.1 Å². The van der Waals surface area contributed by atoms with Gasteiger partial charge in [0.05, 0.1) is 17.4 Å². The molecule has 0 spiro atoms. The number of aryl methyl sites for hydroxylation is 1. The quantitative estimate of drug-likeness (QED) is 0.618. The molecule has 1 fully saturated rings. The Hall–Kier alpha value is -3.08. The van der Waals surface area contributed by atoms with Crippen LogP contribution in [0.4, 0.5) is 19.0 Å². The normalized spacial score (nSPS) is 15.6. The zero-order chi connectivity index (χ0) is 21.5. The summed E-state index contributed by atoms with van der Waals surface area (Å²) < 4.78 is 40.4. The van der Waals surface area contributed by atoms with E-state index < -0.39 is 11.7 Å². The van der Waals surface area contributed by atoms with Crippen LogP contribution in [0.25, 0.3) is 11.0 Å². The van der Waals surface area contributed by atoms with E-state index in [1.807, 2.05) is 11.5 Å². The Kier molecular flexibility index (Phi) is 5.14. The summed E-state index contributed by atoms with van der Waals surface area (Å²) in [5, 5.41) is 12.9. The number of imidazole rings is 1. The number of hydrogen-bond donors (Lipinski definition) is 1. The van der Waals surface area contributed by atoms with Crippen molar-refractivity contribution < 1.29 is 13.2 Å². The molecule has 0 bridgehead atoms. The summed E-state index contributed by atoms with van der Waals surface area (Å²) >= 11 is 0. The fourth-order valence-electron chi connectivity index (χ4n) is 3.86. The number of aromatic nitrogens is 3. The van der Waals surface area contributed by atoms with E-state index in [1.165, 1.54) is 31.4 Å². The van der Waals surface area contributed by atoms with Gasteiger partial charge in [-0.2, -0.15) is 18.4 Å². The molecule has 2 aromatic heterocycles. The maximum Gasteiger partial charge on any atom is 0.416 e. The number of nitriles is 1. The van der Waals surface area contributed by atoms with Crippen molar-refractivity contribution >= 4 is 16.9 Å². The van der Waals surface area contributed by atoms with Crippen LogP contribution in [0.1, 0.15) is 48.6 Å². The van der Waals surface area contributed by atoms with E-state index in [0.717, 1.165) is 23.2 Å². The molecule has 5 nitrogen and oxygen atoms in total. The molecule has 1 N–H and O–H groups in total. The summed E-state index contributed by atoms with van der Waals surface area (Å²) in [7, 11) is 0. The molecule has 1 aliphatic carbocycles. The van der Waals surface area contributed by atoms with Gasteiger partial charge in [0.25, 0.3) is 0 Å². The number of benzene rings is 1. The van der Waals surface area contributed by atoms with Crippen LogP contribution in [0, 0.1) is 24.2 Å². The third-order valence-corrected chi connectivity index (χ3v) is 5.96. The molecule has 0 aliphatic heterocycles. The van der Waals surface area contributed by atoms with Crippen LogP contribution in [0.5, 0.6) is 0 Å². The van der Waals surface area contributed by atoms with Crippen LogP contribution >= 0.6 is 0 Å². The van der Waals surface area contributed by atoms with Gasteiger partial charge in [-0.15, -0.1) is 0 Å². The van der Waals surface area contributed by atoms with Gasteiger partial charge in [0.1, 0.15) is 17.3 Å². The molecule has 2 heterocycles. The molecule has 1 aliphatic rings. The molecule has 1 aromatic carbocycles. The molecular weight excluding hydrogens is 391 g/mol. The average Bonchev–Trinajstić information content (AvgIpc) is 3.06. The minimum absolute atomic E-state index is 0.207. The number of nitrogens with one attached hydrogen (secondary N) is 1. The van der Waals surface area contributed by atoms with Crippen molar-refractivity contribution in [2.75, 3.05) is 5.32 Å². The smallest absolute Gasteiger partial charge is 0.365 e. The maximum atomic E-state index is 12.8. The highest BCUT2D eigenvalue weighted by Crippen LogP contribution is 2.33. The maximum absolute atomic E-state index is 12.8. The fourth-order valence-corrected chi connectivity index (χ4v) is 3.86. The van der Waals surface area contributed by atoms with Gasteiger partial charge in [-0.25, -0.2) is 9.97 Å². The molecule has 0 amide bonds. The largest absolute Gasteiger partial charge is 0.416 e. The van der Waals surface area contributed by atoms with E-state index >= 15 is 0 Å². The van der Waals surface area contributed by atoms with Crippen LogP contribution in [-0.4, -0.2) is 20.6 Å². The van der Waals surface area contributed by atoms with Gasteiger partial charge in [-0.1, -0.05) is 18.6 Å². The highest BCUT2D eigenvalue weighted by molar-refractivity contribution is 5.90. The first kappa shape index (κ1) is 20.2. The number of hydrogen-bond acceptors (Lipinski definition) is 4. The SMILES string of the molecule is Cc1c(C#N)nc(N[C@H](C)C2CCC2)c2c1ncn2Cc1ccc(C(F)(F)F)cc1. The van der Waals surface area contributed by atoms with Crippen molar-refractivity contribution in [3.63, 3.8) is 0 Å². The first-order valence-electron chi connectivity index (χ1n) is 9.96. The summed E-state index contributed by atoms with van der Waals surface area (Å²) in [6.45, 7) is 4.27. The highest BCUT2D eigenvalue weighted by Gasteiger charge is 2.30. The highest BCUT2D eigenvalue weighted by atomic mass is 19.4. The number of pyridine rings is 1. The van der Waals surface area contributed by atoms with Crippen LogP contribution in [0.3, 0.4) is 0 Å². The minimum atomic E-state index is -4.36. The van der Waals surface area contributed by atoms with Crippen LogP contribution in [-0.2, 0) is 12.7 Å². The van der Waals surface area contributed by atoms with E-state index in [9.17, 15) is 18.4 Å². The third kappa shape index (κ3) is 3.72. The molecule has 4 rings (SSSR count).